The summed E-state index contributed by atoms with van der Waals surface area (Å²) in [7, 11) is 0. The third-order valence-corrected chi connectivity index (χ3v) is 2.99. The van der Waals surface area contributed by atoms with E-state index in [1.807, 2.05) is 0 Å². The summed E-state index contributed by atoms with van der Waals surface area (Å²) in [6.45, 7) is -0.496. The highest BCUT2D eigenvalue weighted by Crippen LogP contribution is 2.34. The molecule has 1 aromatic carbocycles. The van der Waals surface area contributed by atoms with Crippen LogP contribution in [-0.4, -0.2) is 23.8 Å². The van der Waals surface area contributed by atoms with Crippen molar-refractivity contribution < 1.29 is 27.5 Å². The Kier molecular flexibility index (Phi) is 4.52. The summed E-state index contributed by atoms with van der Waals surface area (Å²) in [4.78, 5) is 11.3. The van der Waals surface area contributed by atoms with Gasteiger partial charge in [-0.25, -0.2) is 4.39 Å². The van der Waals surface area contributed by atoms with E-state index in [2.05, 4.69) is 0 Å². The van der Waals surface area contributed by atoms with E-state index < -0.39 is 42.8 Å². The number of carbonyl (C=O) groups is 1. The van der Waals surface area contributed by atoms with E-state index in [0.29, 0.717) is 0 Å². The predicted molar refractivity (Wildman–Crippen MR) is 60.1 cm³/mol. The van der Waals surface area contributed by atoms with Crippen LogP contribution in [0.25, 0.3) is 0 Å². The van der Waals surface area contributed by atoms with Crippen molar-refractivity contribution in [2.45, 2.75) is 24.4 Å². The topological polar surface area (TPSA) is 63.3 Å². The Hall–Kier alpha value is -1.63. The van der Waals surface area contributed by atoms with Crippen LogP contribution < -0.4 is 5.73 Å². The molecule has 1 rings (SSSR count). The third-order valence-electron chi connectivity index (χ3n) is 2.99. The Labute approximate surface area is 107 Å². The molecule has 1 atom stereocenters. The zero-order valence-corrected chi connectivity index (χ0v) is 9.88. The fraction of sp³-hybridized carbons (Fsp3) is 0.417. The number of carboxylic acid groups (broad SMARTS) is 1. The van der Waals surface area contributed by atoms with Gasteiger partial charge in [-0.3, -0.25) is 4.79 Å². The second kappa shape index (κ2) is 5.56. The molecule has 0 aromatic heterocycles. The van der Waals surface area contributed by atoms with E-state index in [0.717, 1.165) is 24.3 Å². The van der Waals surface area contributed by atoms with Crippen LogP contribution in [0.4, 0.5) is 17.6 Å². The Bertz CT molecular complexity index is 444. The lowest BCUT2D eigenvalue weighted by Gasteiger charge is -2.29. The molecule has 3 nitrogen and oxygen atoms in total. The van der Waals surface area contributed by atoms with Gasteiger partial charge in [-0.15, -0.1) is 0 Å². The van der Waals surface area contributed by atoms with Crippen molar-refractivity contribution in [1.29, 1.82) is 0 Å². The van der Waals surface area contributed by atoms with E-state index in [9.17, 15) is 27.5 Å². The maximum absolute atomic E-state index is 12.8. The average Bonchev–Trinajstić information content (AvgIpc) is 2.30. The first kappa shape index (κ1) is 15.4. The van der Waals surface area contributed by atoms with Gasteiger partial charge in [0.1, 0.15) is 11.2 Å². The number of alkyl halides is 3. The fourth-order valence-corrected chi connectivity index (χ4v) is 1.81. The number of halogens is 4. The number of hydrogen-bond acceptors (Lipinski definition) is 2. The summed E-state index contributed by atoms with van der Waals surface area (Å²) in [5.41, 5.74) is 3.57. The molecule has 0 spiro atoms. The number of aliphatic carboxylic acids is 1. The largest absolute Gasteiger partial charge is 0.481 e. The van der Waals surface area contributed by atoms with Crippen molar-refractivity contribution in [1.82, 2.24) is 0 Å². The second-order valence-electron chi connectivity index (χ2n) is 4.21. The van der Waals surface area contributed by atoms with Crippen LogP contribution in [0.3, 0.4) is 0 Å². The molecule has 0 fully saturated rings. The third kappa shape index (κ3) is 3.66. The minimum absolute atomic E-state index is 0.0631. The number of hydrogen-bond donors (Lipinski definition) is 2. The van der Waals surface area contributed by atoms with Gasteiger partial charge in [0.2, 0.25) is 0 Å². The molecule has 106 valence electrons. The number of nitrogens with two attached hydrogens (primary N) is 1. The normalized spacial score (nSPS) is 15.0. The standard InChI is InChI=1S/C12H13F4NO2/c13-9-3-1-8(2-4-9)11(7-17,10(18)19)5-6-12(14,15)16/h1-4H,5-7,17H2,(H,18,19). The smallest absolute Gasteiger partial charge is 0.389 e. The lowest BCUT2D eigenvalue weighted by molar-refractivity contribution is -0.151. The zero-order chi connectivity index (χ0) is 14.7. The van der Waals surface area contributed by atoms with E-state index in [1.165, 1.54) is 0 Å². The average molecular weight is 279 g/mol. The van der Waals surface area contributed by atoms with Crippen LogP contribution in [0.1, 0.15) is 18.4 Å². The van der Waals surface area contributed by atoms with Crippen molar-refractivity contribution in [3.05, 3.63) is 35.6 Å². The molecule has 1 aromatic rings. The summed E-state index contributed by atoms with van der Waals surface area (Å²) in [6.07, 6.45) is -6.43. The van der Waals surface area contributed by atoms with Gasteiger partial charge in [0.25, 0.3) is 0 Å². The van der Waals surface area contributed by atoms with Gasteiger partial charge in [-0.2, -0.15) is 13.2 Å². The number of carboxylic acids is 1. The second-order valence-corrected chi connectivity index (χ2v) is 4.21. The number of benzene rings is 1. The van der Waals surface area contributed by atoms with Gasteiger partial charge in [-0.05, 0) is 24.1 Å². The summed E-state index contributed by atoms with van der Waals surface area (Å²) in [5.74, 6) is -2.05. The van der Waals surface area contributed by atoms with Gasteiger partial charge < -0.3 is 10.8 Å². The van der Waals surface area contributed by atoms with E-state index >= 15 is 0 Å². The van der Waals surface area contributed by atoms with Crippen LogP contribution in [0.15, 0.2) is 24.3 Å². The van der Waals surface area contributed by atoms with Crippen LogP contribution in [0.5, 0.6) is 0 Å². The Morgan fingerprint density at radius 2 is 1.68 bits per heavy atom. The SMILES string of the molecule is NCC(CCC(F)(F)F)(C(=O)O)c1ccc(F)cc1. The lowest BCUT2D eigenvalue weighted by atomic mass is 9.76. The lowest BCUT2D eigenvalue weighted by Crippen LogP contribution is -2.43. The monoisotopic (exact) mass is 279 g/mol. The van der Waals surface area contributed by atoms with E-state index in [-0.39, 0.29) is 5.56 Å². The first-order chi connectivity index (χ1) is 8.71. The van der Waals surface area contributed by atoms with Gasteiger partial charge >= 0.3 is 12.1 Å². The molecule has 0 amide bonds. The molecule has 0 heterocycles. The fourth-order valence-electron chi connectivity index (χ4n) is 1.81. The molecule has 19 heavy (non-hydrogen) atoms. The Morgan fingerprint density at radius 3 is 2.05 bits per heavy atom. The molecule has 0 saturated carbocycles. The van der Waals surface area contributed by atoms with E-state index in [1.54, 1.807) is 0 Å². The predicted octanol–water partition coefficient (Wildman–Crippen LogP) is 2.45. The van der Waals surface area contributed by atoms with Gasteiger partial charge in [0, 0.05) is 13.0 Å². The molecular formula is C12H13F4NO2. The summed E-state index contributed by atoms with van der Waals surface area (Å²) in [6, 6.07) is 4.28. The molecule has 0 saturated heterocycles. The van der Waals surface area contributed by atoms with Gasteiger partial charge in [0.15, 0.2) is 0 Å². The highest BCUT2D eigenvalue weighted by molar-refractivity contribution is 5.81. The molecular weight excluding hydrogens is 266 g/mol. The van der Waals surface area contributed by atoms with Crippen LogP contribution in [-0.2, 0) is 10.2 Å². The first-order valence-corrected chi connectivity index (χ1v) is 5.47. The zero-order valence-electron chi connectivity index (χ0n) is 9.88. The molecule has 0 aliphatic rings. The van der Waals surface area contributed by atoms with Crippen LogP contribution in [0.2, 0.25) is 0 Å². The van der Waals surface area contributed by atoms with Crippen molar-refractivity contribution in [2.24, 2.45) is 5.73 Å². The van der Waals surface area contributed by atoms with Crippen molar-refractivity contribution in [3.8, 4) is 0 Å². The highest BCUT2D eigenvalue weighted by atomic mass is 19.4. The van der Waals surface area contributed by atoms with Crippen molar-refractivity contribution in [2.75, 3.05) is 6.54 Å². The molecule has 3 N–H and O–H groups in total. The maximum atomic E-state index is 12.8. The number of rotatable bonds is 5. The van der Waals surface area contributed by atoms with E-state index in [4.69, 9.17) is 5.73 Å². The Morgan fingerprint density at radius 1 is 1.16 bits per heavy atom. The quantitative estimate of drug-likeness (QED) is 0.814. The van der Waals surface area contributed by atoms with Crippen LogP contribution in [0, 0.1) is 5.82 Å². The summed E-state index contributed by atoms with van der Waals surface area (Å²) >= 11 is 0. The maximum Gasteiger partial charge on any atom is 0.389 e. The van der Waals surface area contributed by atoms with Crippen molar-refractivity contribution in [3.63, 3.8) is 0 Å². The first-order valence-electron chi connectivity index (χ1n) is 5.47. The van der Waals surface area contributed by atoms with Gasteiger partial charge in [0.05, 0.1) is 0 Å². The Balaban J connectivity index is 3.12. The molecule has 7 heteroatoms. The summed E-state index contributed by atoms with van der Waals surface area (Å²) < 4.78 is 49.6. The molecule has 0 radical (unpaired) electrons. The highest BCUT2D eigenvalue weighted by Gasteiger charge is 2.42. The van der Waals surface area contributed by atoms with Crippen molar-refractivity contribution >= 4 is 5.97 Å². The molecule has 0 aliphatic heterocycles. The molecule has 1 unspecified atom stereocenters. The minimum Gasteiger partial charge on any atom is -0.481 e. The summed E-state index contributed by atoms with van der Waals surface area (Å²) in [5, 5.41) is 9.20. The van der Waals surface area contributed by atoms with Gasteiger partial charge in [-0.1, -0.05) is 12.1 Å². The van der Waals surface area contributed by atoms with Crippen LogP contribution >= 0.6 is 0 Å². The molecule has 0 aliphatic carbocycles. The molecule has 0 bridgehead atoms. The minimum atomic E-state index is -4.48.